The Balaban J connectivity index is 0.000000166. The van der Waals surface area contributed by atoms with Gasteiger partial charge in [-0.1, -0.05) is 35.4 Å². The van der Waals surface area contributed by atoms with Crippen LogP contribution in [-0.4, -0.2) is 63.1 Å². The lowest BCUT2D eigenvalue weighted by Crippen LogP contribution is -2.47. The summed E-state index contributed by atoms with van der Waals surface area (Å²) in [6, 6.07) is 12.9. The first-order chi connectivity index (χ1) is 14.5. The molecule has 2 aromatic carbocycles. The van der Waals surface area contributed by atoms with E-state index in [9.17, 15) is 16.8 Å². The summed E-state index contributed by atoms with van der Waals surface area (Å²) in [4.78, 5) is 2.47. The second kappa shape index (κ2) is 11.2. The van der Waals surface area contributed by atoms with Crippen molar-refractivity contribution in [2.75, 3.05) is 26.2 Å². The largest absolute Gasteiger partial charge is 0.314 e. The number of benzene rings is 2. The molecule has 172 valence electrons. The van der Waals surface area contributed by atoms with E-state index in [0.29, 0.717) is 0 Å². The van der Waals surface area contributed by atoms with Gasteiger partial charge in [0.05, 0.1) is 9.79 Å². The number of rotatable bonds is 2. The summed E-state index contributed by atoms with van der Waals surface area (Å²) < 4.78 is 59.1. The van der Waals surface area contributed by atoms with E-state index in [2.05, 4.69) is 10.2 Å². The third-order valence-corrected chi connectivity index (χ3v) is 6.83. The van der Waals surface area contributed by atoms with Gasteiger partial charge in [-0.3, -0.25) is 14.0 Å². The van der Waals surface area contributed by atoms with Crippen molar-refractivity contribution in [3.05, 3.63) is 59.7 Å². The lowest BCUT2D eigenvalue weighted by molar-refractivity contribution is 0.212. The smallest absolute Gasteiger partial charge is 0.294 e. The minimum absolute atomic E-state index is 0.0666. The van der Waals surface area contributed by atoms with Crippen molar-refractivity contribution >= 4 is 20.2 Å². The number of nitrogens with one attached hydrogen (secondary N) is 1. The van der Waals surface area contributed by atoms with Crippen molar-refractivity contribution < 1.29 is 25.9 Å². The maximum Gasteiger partial charge on any atom is 0.294 e. The van der Waals surface area contributed by atoms with Gasteiger partial charge in [-0.15, -0.1) is 0 Å². The normalized spacial score (nSPS) is 18.8. The molecule has 2 aliphatic heterocycles. The summed E-state index contributed by atoms with van der Waals surface area (Å²) in [5.74, 6) is 0. The molecule has 2 heterocycles. The van der Waals surface area contributed by atoms with Gasteiger partial charge in [-0.05, 0) is 57.5 Å². The Morgan fingerprint density at radius 2 is 1.26 bits per heavy atom. The molecule has 0 radical (unpaired) electrons. The van der Waals surface area contributed by atoms with Crippen LogP contribution in [-0.2, 0) is 20.2 Å². The molecule has 0 saturated carbocycles. The van der Waals surface area contributed by atoms with Crippen molar-refractivity contribution in [2.45, 2.75) is 42.5 Å². The van der Waals surface area contributed by atoms with Crippen molar-refractivity contribution in [3.8, 4) is 0 Å². The first-order valence-corrected chi connectivity index (χ1v) is 12.9. The average molecular weight is 471 g/mol. The van der Waals surface area contributed by atoms with Crippen LogP contribution < -0.4 is 5.32 Å². The molecule has 10 heteroatoms. The first-order valence-electron chi connectivity index (χ1n) is 10.00. The summed E-state index contributed by atoms with van der Waals surface area (Å²) >= 11 is 0. The zero-order chi connectivity index (χ0) is 23.1. The standard InChI is InChI=1S/C7H14N2.2C7H8O3S/c1-2-7-6-8-3-5-9(7)4-1;2*1-6-2-4-7(5-3-6)11(8,9)10/h7-8H,1-6H2;2*2-5H,1H3,(H,8,9,10)/t7-;;/m1../s1. The van der Waals surface area contributed by atoms with Gasteiger partial charge < -0.3 is 5.32 Å². The molecule has 0 spiro atoms. The summed E-state index contributed by atoms with van der Waals surface area (Å²) in [6.45, 7) is 8.76. The van der Waals surface area contributed by atoms with Crippen molar-refractivity contribution in [3.63, 3.8) is 0 Å². The van der Waals surface area contributed by atoms with Gasteiger partial charge in [0.15, 0.2) is 0 Å². The Labute approximate surface area is 184 Å². The highest BCUT2D eigenvalue weighted by Crippen LogP contribution is 2.17. The molecule has 1 atom stereocenters. The molecule has 31 heavy (non-hydrogen) atoms. The Morgan fingerprint density at radius 3 is 1.65 bits per heavy atom. The Morgan fingerprint density at radius 1 is 0.806 bits per heavy atom. The first kappa shape index (κ1) is 25.4. The van der Waals surface area contributed by atoms with Crippen molar-refractivity contribution in [1.82, 2.24) is 10.2 Å². The molecule has 0 bridgehead atoms. The molecule has 0 aliphatic carbocycles. The highest BCUT2D eigenvalue weighted by Gasteiger charge is 2.25. The van der Waals surface area contributed by atoms with E-state index in [1.54, 1.807) is 24.3 Å². The van der Waals surface area contributed by atoms with Crippen LogP contribution in [0.1, 0.15) is 24.0 Å². The summed E-state index contributed by atoms with van der Waals surface area (Å²) in [7, 11) is -8.04. The number of fused-ring (bicyclic) bond motifs is 1. The maximum absolute atomic E-state index is 10.5. The van der Waals surface area contributed by atoms with Crippen LogP contribution in [0, 0.1) is 13.8 Å². The van der Waals surface area contributed by atoms with Crippen molar-refractivity contribution in [1.29, 1.82) is 0 Å². The molecule has 3 N–H and O–H groups in total. The highest BCUT2D eigenvalue weighted by atomic mass is 32.2. The van der Waals surface area contributed by atoms with Gasteiger partial charge in [0.25, 0.3) is 20.2 Å². The molecule has 0 aromatic heterocycles. The van der Waals surface area contributed by atoms with Crippen LogP contribution in [0.2, 0.25) is 0 Å². The Hall–Kier alpha value is -1.82. The molecule has 8 nitrogen and oxygen atoms in total. The van der Waals surface area contributed by atoms with E-state index in [1.807, 2.05) is 13.8 Å². The Bertz CT molecular complexity index is 951. The second-order valence-electron chi connectivity index (χ2n) is 7.61. The molecule has 2 aliphatic rings. The monoisotopic (exact) mass is 470 g/mol. The Kier molecular flexibility index (Phi) is 9.16. The van der Waals surface area contributed by atoms with Crippen LogP contribution >= 0.6 is 0 Å². The second-order valence-corrected chi connectivity index (χ2v) is 10.5. The SMILES string of the molecule is C1C[C@@H]2CNCCN2C1.Cc1ccc(S(=O)(=O)O)cc1.Cc1ccc(S(=O)(=O)O)cc1. The predicted octanol–water partition coefficient (Wildman–Crippen LogP) is 2.54. The molecular weight excluding hydrogens is 440 g/mol. The number of aryl methyl sites for hydroxylation is 2. The molecule has 4 rings (SSSR count). The maximum atomic E-state index is 10.5. The predicted molar refractivity (Wildman–Crippen MR) is 119 cm³/mol. The fourth-order valence-corrected chi connectivity index (χ4v) is 4.29. The minimum atomic E-state index is -4.02. The van der Waals surface area contributed by atoms with Crippen LogP contribution in [0.5, 0.6) is 0 Å². The number of hydrogen-bond acceptors (Lipinski definition) is 6. The fraction of sp³-hybridized carbons (Fsp3) is 0.429. The van der Waals surface area contributed by atoms with E-state index in [4.69, 9.17) is 9.11 Å². The van der Waals surface area contributed by atoms with Gasteiger partial charge in [0.2, 0.25) is 0 Å². The van der Waals surface area contributed by atoms with E-state index in [0.717, 1.165) is 17.2 Å². The lowest BCUT2D eigenvalue weighted by Gasteiger charge is -2.29. The zero-order valence-corrected chi connectivity index (χ0v) is 19.4. The van der Waals surface area contributed by atoms with Crippen LogP contribution in [0.15, 0.2) is 58.3 Å². The van der Waals surface area contributed by atoms with Crippen LogP contribution in [0.25, 0.3) is 0 Å². The van der Waals surface area contributed by atoms with Gasteiger partial charge in [-0.25, -0.2) is 0 Å². The van der Waals surface area contributed by atoms with Crippen molar-refractivity contribution in [2.24, 2.45) is 0 Å². The third-order valence-electron chi connectivity index (χ3n) is 5.09. The number of piperazine rings is 1. The van der Waals surface area contributed by atoms with Crippen LogP contribution in [0.3, 0.4) is 0 Å². The lowest BCUT2D eigenvalue weighted by atomic mass is 10.2. The minimum Gasteiger partial charge on any atom is -0.314 e. The molecule has 2 aromatic rings. The summed E-state index contributed by atoms with van der Waals surface area (Å²) in [5.41, 5.74) is 1.91. The van der Waals surface area contributed by atoms with Gasteiger partial charge in [-0.2, -0.15) is 16.8 Å². The van der Waals surface area contributed by atoms with Gasteiger partial charge in [0.1, 0.15) is 0 Å². The third kappa shape index (κ3) is 8.68. The fourth-order valence-electron chi connectivity index (χ4n) is 3.33. The molecule has 2 fully saturated rings. The number of hydrogen-bond donors (Lipinski definition) is 3. The average Bonchev–Trinajstić information content (AvgIpc) is 3.17. The summed E-state index contributed by atoms with van der Waals surface area (Å²) in [5, 5.41) is 3.41. The summed E-state index contributed by atoms with van der Waals surface area (Å²) in [6.07, 6.45) is 2.85. The highest BCUT2D eigenvalue weighted by molar-refractivity contribution is 7.86. The number of nitrogens with zero attached hydrogens (tertiary/aromatic N) is 1. The molecule has 0 amide bonds. The van der Waals surface area contributed by atoms with E-state index in [1.165, 1.54) is 63.3 Å². The van der Waals surface area contributed by atoms with Gasteiger partial charge >= 0.3 is 0 Å². The zero-order valence-electron chi connectivity index (χ0n) is 17.7. The van der Waals surface area contributed by atoms with E-state index in [-0.39, 0.29) is 9.79 Å². The van der Waals surface area contributed by atoms with Gasteiger partial charge in [0, 0.05) is 25.7 Å². The molecule has 2 saturated heterocycles. The van der Waals surface area contributed by atoms with Crippen LogP contribution in [0.4, 0.5) is 0 Å². The van der Waals surface area contributed by atoms with E-state index >= 15 is 0 Å². The topological polar surface area (TPSA) is 124 Å². The van der Waals surface area contributed by atoms with E-state index < -0.39 is 20.2 Å². The quantitative estimate of drug-likeness (QED) is 0.572. The molecule has 0 unspecified atom stereocenters. The molecular formula is C21H30N2O6S2.